The number of aliphatic imine (C=N–C) groups is 2. The molecule has 0 saturated heterocycles. The largest absolute Gasteiger partial charge is 0.466 e. The Morgan fingerprint density at radius 3 is 1.26 bits per heavy atom. The molecule has 0 aliphatic rings. The van der Waals surface area contributed by atoms with Gasteiger partial charge in [-0.3, -0.25) is 9.59 Å². The molecule has 8 heteroatoms. The molecule has 2 atom stereocenters. The fraction of sp³-hybridized carbons (Fsp3) is 0.810. The number of aliphatic hydroxyl groups excluding tert-OH is 2. The van der Waals surface area contributed by atoms with Gasteiger partial charge in [-0.15, -0.1) is 0 Å². The van der Waals surface area contributed by atoms with Gasteiger partial charge < -0.3 is 29.7 Å². The summed E-state index contributed by atoms with van der Waals surface area (Å²) in [5.74, 6) is -0.274. The summed E-state index contributed by atoms with van der Waals surface area (Å²) in [4.78, 5) is 31.6. The highest BCUT2D eigenvalue weighted by atomic mass is 16.5. The topological polar surface area (TPSA) is 118 Å². The second-order valence-corrected chi connectivity index (χ2v) is 13.8. The van der Waals surface area contributed by atoms with E-state index in [4.69, 9.17) is 9.47 Å². The van der Waals surface area contributed by atoms with Gasteiger partial charge in [-0.05, 0) is 103 Å². The molecular formula is C42H76N2O6. The lowest BCUT2D eigenvalue weighted by atomic mass is 10.1. The molecule has 50 heavy (non-hydrogen) atoms. The maximum absolute atomic E-state index is 12.0. The number of ether oxygens (including phenoxy) is 2. The van der Waals surface area contributed by atoms with Gasteiger partial charge >= 0.3 is 11.9 Å². The van der Waals surface area contributed by atoms with E-state index >= 15 is 0 Å². The van der Waals surface area contributed by atoms with Gasteiger partial charge in [0.15, 0.2) is 0 Å². The molecule has 0 bridgehead atoms. The first kappa shape index (κ1) is 47.7. The van der Waals surface area contributed by atoms with Crippen molar-refractivity contribution in [3.8, 4) is 0 Å². The van der Waals surface area contributed by atoms with Crippen LogP contribution >= 0.6 is 0 Å². The standard InChI is InChI=1S/C42H76N2O6/c1-43-35-25-17-15-21-31-39(45)29-19-11-7-3-5-9-13-23-33-41(47)49-37-27-28-38-50-42(48)34-24-14-10-6-4-8-12-20-30-40(46)32-22-16-18-26-36-44-2/h11-12,19-20,39-40,45-46H,1-10,13-18,21-38H2/b19-11+,20-12+. The third kappa shape index (κ3) is 38.5. The number of esters is 2. The number of hydrogen-bond acceptors (Lipinski definition) is 8. The van der Waals surface area contributed by atoms with Gasteiger partial charge in [-0.2, -0.15) is 0 Å². The molecule has 2 N–H and O–H groups in total. The summed E-state index contributed by atoms with van der Waals surface area (Å²) >= 11 is 0. The highest BCUT2D eigenvalue weighted by Gasteiger charge is 2.06. The number of hydrogen-bond donors (Lipinski definition) is 2. The molecule has 2 unspecified atom stereocenters. The Morgan fingerprint density at radius 1 is 0.480 bits per heavy atom. The first-order chi connectivity index (χ1) is 24.5. The van der Waals surface area contributed by atoms with Crippen molar-refractivity contribution >= 4 is 25.4 Å². The number of nitrogens with zero attached hydrogens (tertiary/aromatic N) is 2. The zero-order valence-electron chi connectivity index (χ0n) is 31.9. The predicted molar refractivity (Wildman–Crippen MR) is 210 cm³/mol. The smallest absolute Gasteiger partial charge is 0.305 e. The average Bonchev–Trinajstić information content (AvgIpc) is 3.10. The minimum absolute atomic E-state index is 0.137. The second kappa shape index (κ2) is 39.5. The summed E-state index contributed by atoms with van der Waals surface area (Å²) < 4.78 is 10.6. The van der Waals surface area contributed by atoms with Gasteiger partial charge in [0.05, 0.1) is 25.4 Å². The Balaban J connectivity index is 3.42. The average molecular weight is 705 g/mol. The molecule has 0 heterocycles. The Hall–Kier alpha value is -2.32. The van der Waals surface area contributed by atoms with Crippen molar-refractivity contribution in [2.45, 2.75) is 192 Å². The molecule has 8 nitrogen and oxygen atoms in total. The molecule has 0 aromatic rings. The van der Waals surface area contributed by atoms with Crippen LogP contribution in [0.15, 0.2) is 34.3 Å². The highest BCUT2D eigenvalue weighted by molar-refractivity contribution is 5.69. The Kier molecular flexibility index (Phi) is 37.6. The lowest BCUT2D eigenvalue weighted by molar-refractivity contribution is -0.146. The van der Waals surface area contributed by atoms with Crippen molar-refractivity contribution in [2.75, 3.05) is 26.3 Å². The summed E-state index contributed by atoms with van der Waals surface area (Å²) in [7, 11) is 0. The molecular weight excluding hydrogens is 628 g/mol. The zero-order chi connectivity index (χ0) is 36.6. The minimum atomic E-state index is -0.231. The summed E-state index contributed by atoms with van der Waals surface area (Å²) in [5.41, 5.74) is 0. The van der Waals surface area contributed by atoms with Crippen LogP contribution in [-0.4, -0.2) is 74.1 Å². The van der Waals surface area contributed by atoms with Crippen LogP contribution in [0.5, 0.6) is 0 Å². The third-order valence-corrected chi connectivity index (χ3v) is 8.92. The van der Waals surface area contributed by atoms with Crippen LogP contribution in [0.2, 0.25) is 0 Å². The van der Waals surface area contributed by atoms with Gasteiger partial charge in [0.25, 0.3) is 0 Å². The minimum Gasteiger partial charge on any atom is -0.466 e. The zero-order valence-corrected chi connectivity index (χ0v) is 31.9. The molecule has 290 valence electrons. The van der Waals surface area contributed by atoms with Gasteiger partial charge in [-0.25, -0.2) is 0 Å². The van der Waals surface area contributed by atoms with Gasteiger partial charge in [0.1, 0.15) is 0 Å². The maximum atomic E-state index is 12.0. The number of carbonyl (C=O) groups excluding carboxylic acids is 2. The van der Waals surface area contributed by atoms with Crippen molar-refractivity contribution < 1.29 is 29.3 Å². The highest BCUT2D eigenvalue weighted by Crippen LogP contribution is 2.13. The lowest BCUT2D eigenvalue weighted by Gasteiger charge is -2.07. The fourth-order valence-electron chi connectivity index (χ4n) is 5.74. The summed E-state index contributed by atoms with van der Waals surface area (Å²) in [6.45, 7) is 9.45. The van der Waals surface area contributed by atoms with E-state index in [1.54, 1.807) is 0 Å². The SMILES string of the molecule is C=NCCCCCCC(O)C/C=C/CCCCCCCC(=O)OCCCCOC(=O)CCCCCCC/C=C/CC(O)CCCCCCN=C. The molecule has 0 fully saturated rings. The third-order valence-electron chi connectivity index (χ3n) is 8.92. The Morgan fingerprint density at radius 2 is 0.840 bits per heavy atom. The van der Waals surface area contributed by atoms with E-state index in [0.717, 1.165) is 167 Å². The van der Waals surface area contributed by atoms with E-state index in [2.05, 4.69) is 47.7 Å². The summed E-state index contributed by atoms with van der Waals surface area (Å²) in [6.07, 6.45) is 35.4. The Labute approximate surface area is 306 Å². The Bertz CT molecular complexity index is 778. The molecule has 0 aliphatic heterocycles. The number of carbonyl (C=O) groups is 2. The number of allylic oxidation sites excluding steroid dienone is 2. The van der Waals surface area contributed by atoms with Crippen LogP contribution in [0.3, 0.4) is 0 Å². The summed E-state index contributed by atoms with van der Waals surface area (Å²) in [5, 5.41) is 20.1. The van der Waals surface area contributed by atoms with Crippen LogP contribution in [0.4, 0.5) is 0 Å². The van der Waals surface area contributed by atoms with Crippen LogP contribution in [-0.2, 0) is 19.1 Å². The molecule has 0 saturated carbocycles. The van der Waals surface area contributed by atoms with Gasteiger partial charge in [0, 0.05) is 25.9 Å². The fourth-order valence-corrected chi connectivity index (χ4v) is 5.74. The van der Waals surface area contributed by atoms with Crippen molar-refractivity contribution in [2.24, 2.45) is 9.98 Å². The van der Waals surface area contributed by atoms with Gasteiger partial charge in [0.2, 0.25) is 0 Å². The van der Waals surface area contributed by atoms with E-state index in [1.165, 1.54) is 0 Å². The molecule has 0 aromatic heterocycles. The molecule has 0 radical (unpaired) electrons. The van der Waals surface area contributed by atoms with Crippen LogP contribution in [0, 0.1) is 0 Å². The molecule has 0 amide bonds. The van der Waals surface area contributed by atoms with Crippen LogP contribution in [0.25, 0.3) is 0 Å². The number of aliphatic hydroxyl groups is 2. The maximum Gasteiger partial charge on any atom is 0.305 e. The molecule has 0 aromatic carbocycles. The van der Waals surface area contributed by atoms with E-state index in [9.17, 15) is 19.8 Å². The first-order valence-corrected chi connectivity index (χ1v) is 20.3. The molecule has 0 spiro atoms. The predicted octanol–water partition coefficient (Wildman–Crippen LogP) is 10.2. The van der Waals surface area contributed by atoms with Gasteiger partial charge in [-0.1, -0.05) is 101 Å². The number of rotatable bonds is 39. The van der Waals surface area contributed by atoms with E-state index in [-0.39, 0.29) is 24.1 Å². The van der Waals surface area contributed by atoms with Crippen molar-refractivity contribution in [3.05, 3.63) is 24.3 Å². The van der Waals surface area contributed by atoms with E-state index in [0.29, 0.717) is 38.9 Å². The van der Waals surface area contributed by atoms with E-state index in [1.807, 2.05) is 0 Å². The lowest BCUT2D eigenvalue weighted by Crippen LogP contribution is -2.08. The van der Waals surface area contributed by atoms with Crippen molar-refractivity contribution in [1.29, 1.82) is 0 Å². The monoisotopic (exact) mass is 705 g/mol. The van der Waals surface area contributed by atoms with Crippen molar-refractivity contribution in [3.63, 3.8) is 0 Å². The van der Waals surface area contributed by atoms with Crippen LogP contribution in [0.1, 0.15) is 180 Å². The summed E-state index contributed by atoms with van der Waals surface area (Å²) in [6, 6.07) is 0. The molecule has 0 aliphatic carbocycles. The van der Waals surface area contributed by atoms with E-state index < -0.39 is 0 Å². The first-order valence-electron chi connectivity index (χ1n) is 20.3. The quantitative estimate of drug-likeness (QED) is 0.0285. The number of unbranched alkanes of at least 4 members (excludes halogenated alkanes) is 17. The molecule has 0 rings (SSSR count). The normalized spacial score (nSPS) is 12.8. The van der Waals surface area contributed by atoms with Crippen molar-refractivity contribution in [1.82, 2.24) is 0 Å². The van der Waals surface area contributed by atoms with Crippen LogP contribution < -0.4 is 0 Å². The second-order valence-electron chi connectivity index (χ2n) is 13.8.